The van der Waals surface area contributed by atoms with Gasteiger partial charge in [0.15, 0.2) is 5.82 Å². The number of aromatic amines is 1. The van der Waals surface area contributed by atoms with Crippen molar-refractivity contribution in [3.63, 3.8) is 0 Å². The summed E-state index contributed by atoms with van der Waals surface area (Å²) in [6.45, 7) is 3.75. The number of nitrogens with zero attached hydrogens (tertiary/aromatic N) is 5. The quantitative estimate of drug-likeness (QED) is 0.800. The highest BCUT2D eigenvalue weighted by Crippen LogP contribution is 2.28. The first-order valence-corrected chi connectivity index (χ1v) is 7.80. The van der Waals surface area contributed by atoms with Crippen LogP contribution < -0.4 is 4.90 Å². The fourth-order valence-corrected chi connectivity index (χ4v) is 3.02. The molecule has 0 unspecified atom stereocenters. The molecule has 0 amide bonds. The summed E-state index contributed by atoms with van der Waals surface area (Å²) in [7, 11) is 0. The molecule has 0 aliphatic carbocycles. The third-order valence-corrected chi connectivity index (χ3v) is 4.17. The number of H-pyrrole nitrogens is 1. The molecule has 1 atom stereocenters. The number of aromatic nitrogens is 5. The third kappa shape index (κ3) is 2.81. The highest BCUT2D eigenvalue weighted by Gasteiger charge is 2.23. The molecule has 118 valence electrons. The number of anilines is 1. The molecule has 0 bridgehead atoms. The number of nitrogens with one attached hydrogen (secondary N) is 1. The van der Waals surface area contributed by atoms with Gasteiger partial charge < -0.3 is 14.4 Å². The van der Waals surface area contributed by atoms with Crippen LogP contribution >= 0.6 is 0 Å². The van der Waals surface area contributed by atoms with Crippen LogP contribution in [-0.2, 0) is 0 Å². The lowest BCUT2D eigenvalue weighted by atomic mass is 9.97. The lowest BCUT2D eigenvalue weighted by Gasteiger charge is -2.32. The first-order chi connectivity index (χ1) is 11.3. The van der Waals surface area contributed by atoms with Crippen molar-refractivity contribution in [1.82, 2.24) is 25.1 Å². The Morgan fingerprint density at radius 3 is 2.96 bits per heavy atom. The monoisotopic (exact) mass is 310 g/mol. The molecular weight excluding hydrogens is 292 g/mol. The van der Waals surface area contributed by atoms with Crippen molar-refractivity contribution in [3.05, 3.63) is 42.4 Å². The number of piperidine rings is 1. The van der Waals surface area contributed by atoms with Crippen LogP contribution in [0.1, 0.15) is 30.4 Å². The molecule has 1 N–H and O–H groups in total. The van der Waals surface area contributed by atoms with E-state index in [-0.39, 0.29) is 0 Å². The number of rotatable bonds is 3. The first-order valence-electron chi connectivity index (χ1n) is 7.80. The molecule has 4 heterocycles. The summed E-state index contributed by atoms with van der Waals surface area (Å²) < 4.78 is 5.17. The predicted octanol–water partition coefficient (Wildman–Crippen LogP) is 2.55. The zero-order valence-corrected chi connectivity index (χ0v) is 12.9. The van der Waals surface area contributed by atoms with E-state index in [2.05, 4.69) is 30.0 Å². The van der Waals surface area contributed by atoms with Gasteiger partial charge in [0.1, 0.15) is 11.6 Å². The molecular formula is C16H18N6O. The lowest BCUT2D eigenvalue weighted by Crippen LogP contribution is -2.35. The van der Waals surface area contributed by atoms with Gasteiger partial charge in [-0.25, -0.2) is 9.97 Å². The number of hydrogen-bond acceptors (Lipinski definition) is 6. The van der Waals surface area contributed by atoms with Crippen LogP contribution in [0.3, 0.4) is 0 Å². The molecule has 3 aromatic rings. The Morgan fingerprint density at radius 2 is 2.26 bits per heavy atom. The summed E-state index contributed by atoms with van der Waals surface area (Å²) >= 11 is 0. The van der Waals surface area contributed by atoms with Crippen molar-refractivity contribution in [3.8, 4) is 11.5 Å². The molecule has 1 saturated heterocycles. The van der Waals surface area contributed by atoms with Gasteiger partial charge in [-0.3, -0.25) is 0 Å². The van der Waals surface area contributed by atoms with Gasteiger partial charge in [0.25, 0.3) is 5.89 Å². The van der Waals surface area contributed by atoms with Crippen LogP contribution in [0.2, 0.25) is 0 Å². The Morgan fingerprint density at radius 1 is 1.30 bits per heavy atom. The van der Waals surface area contributed by atoms with Crippen molar-refractivity contribution < 1.29 is 4.52 Å². The topological polar surface area (TPSA) is 83.7 Å². The molecule has 0 saturated carbocycles. The fourth-order valence-electron chi connectivity index (χ4n) is 3.02. The Labute approximate surface area is 133 Å². The molecule has 1 aliphatic heterocycles. The van der Waals surface area contributed by atoms with Gasteiger partial charge >= 0.3 is 0 Å². The van der Waals surface area contributed by atoms with E-state index in [1.165, 1.54) is 0 Å². The SMILES string of the molecule is Cc1noc(-c2ccc(N3CCC[C@H](c4ncc[nH]4)C3)nc2)n1. The van der Waals surface area contributed by atoms with Crippen LogP contribution in [0.15, 0.2) is 35.2 Å². The van der Waals surface area contributed by atoms with Gasteiger partial charge in [-0.2, -0.15) is 4.98 Å². The van der Waals surface area contributed by atoms with Crippen LogP contribution in [0.25, 0.3) is 11.5 Å². The van der Waals surface area contributed by atoms with E-state index in [0.717, 1.165) is 43.1 Å². The van der Waals surface area contributed by atoms with Crippen molar-refractivity contribution in [2.75, 3.05) is 18.0 Å². The maximum absolute atomic E-state index is 5.17. The summed E-state index contributed by atoms with van der Waals surface area (Å²) in [5, 5.41) is 3.81. The highest BCUT2D eigenvalue weighted by atomic mass is 16.5. The van der Waals surface area contributed by atoms with E-state index in [1.807, 2.05) is 24.5 Å². The molecule has 1 aliphatic rings. The van der Waals surface area contributed by atoms with Crippen LogP contribution in [-0.4, -0.2) is 38.2 Å². The maximum atomic E-state index is 5.17. The smallest absolute Gasteiger partial charge is 0.259 e. The molecule has 4 rings (SSSR count). The Hall–Kier alpha value is -2.70. The second-order valence-electron chi connectivity index (χ2n) is 5.81. The normalized spacial score (nSPS) is 18.3. The van der Waals surface area contributed by atoms with E-state index in [0.29, 0.717) is 17.6 Å². The molecule has 1 fully saturated rings. The van der Waals surface area contributed by atoms with Crippen LogP contribution in [0, 0.1) is 6.92 Å². The van der Waals surface area contributed by atoms with Gasteiger partial charge in [-0.15, -0.1) is 0 Å². The average Bonchev–Trinajstić information content (AvgIpc) is 3.27. The van der Waals surface area contributed by atoms with E-state index in [4.69, 9.17) is 4.52 Å². The van der Waals surface area contributed by atoms with Gasteiger partial charge in [0, 0.05) is 37.6 Å². The van der Waals surface area contributed by atoms with Crippen molar-refractivity contribution in [1.29, 1.82) is 0 Å². The summed E-state index contributed by atoms with van der Waals surface area (Å²) in [6.07, 6.45) is 7.78. The van der Waals surface area contributed by atoms with E-state index < -0.39 is 0 Å². The van der Waals surface area contributed by atoms with Gasteiger partial charge in [-0.1, -0.05) is 5.16 Å². The van der Waals surface area contributed by atoms with Crippen LogP contribution in [0.4, 0.5) is 5.82 Å². The van der Waals surface area contributed by atoms with E-state index in [9.17, 15) is 0 Å². The highest BCUT2D eigenvalue weighted by molar-refractivity contribution is 5.54. The van der Waals surface area contributed by atoms with Gasteiger partial charge in [0.2, 0.25) is 0 Å². The summed E-state index contributed by atoms with van der Waals surface area (Å²) in [5.41, 5.74) is 0.842. The van der Waals surface area contributed by atoms with Crippen LogP contribution in [0.5, 0.6) is 0 Å². The zero-order valence-electron chi connectivity index (χ0n) is 12.9. The van der Waals surface area contributed by atoms with E-state index >= 15 is 0 Å². The minimum Gasteiger partial charge on any atom is -0.356 e. The van der Waals surface area contributed by atoms with Gasteiger partial charge in [-0.05, 0) is 31.9 Å². The third-order valence-electron chi connectivity index (χ3n) is 4.17. The summed E-state index contributed by atoms with van der Waals surface area (Å²) in [5.74, 6) is 3.60. The number of hydrogen-bond donors (Lipinski definition) is 1. The molecule has 0 spiro atoms. The molecule has 23 heavy (non-hydrogen) atoms. The first kappa shape index (κ1) is 13.9. The standard InChI is InChI=1S/C16H18N6O/c1-11-20-16(23-21-11)12-4-5-14(19-9-12)22-8-2-3-13(10-22)15-17-6-7-18-15/h4-7,9,13H,2-3,8,10H2,1H3,(H,17,18)/t13-/m0/s1. The minimum atomic E-state index is 0.429. The summed E-state index contributed by atoms with van der Waals surface area (Å²) in [4.78, 5) is 18.7. The van der Waals surface area contributed by atoms with Crippen molar-refractivity contribution in [2.24, 2.45) is 0 Å². The van der Waals surface area contributed by atoms with Gasteiger partial charge in [0.05, 0.1) is 5.56 Å². The Kier molecular flexibility index (Phi) is 3.53. The van der Waals surface area contributed by atoms with E-state index in [1.54, 1.807) is 13.1 Å². The maximum Gasteiger partial charge on any atom is 0.259 e. The molecule has 7 heteroatoms. The lowest BCUT2D eigenvalue weighted by molar-refractivity contribution is 0.425. The minimum absolute atomic E-state index is 0.429. The largest absolute Gasteiger partial charge is 0.356 e. The Bertz CT molecular complexity index is 764. The van der Waals surface area contributed by atoms with Crippen molar-refractivity contribution >= 4 is 5.82 Å². The summed E-state index contributed by atoms with van der Waals surface area (Å²) in [6, 6.07) is 3.99. The zero-order chi connectivity index (χ0) is 15.6. The number of pyridine rings is 1. The fraction of sp³-hybridized carbons (Fsp3) is 0.375. The molecule has 0 aromatic carbocycles. The number of aryl methyl sites for hydroxylation is 1. The second-order valence-corrected chi connectivity index (χ2v) is 5.81. The Balaban J connectivity index is 1.51. The van der Waals surface area contributed by atoms with Crippen molar-refractivity contribution in [2.45, 2.75) is 25.7 Å². The predicted molar refractivity (Wildman–Crippen MR) is 85.0 cm³/mol. The molecule has 0 radical (unpaired) electrons. The number of imidazole rings is 1. The second kappa shape index (κ2) is 5.83. The molecule has 7 nitrogen and oxygen atoms in total. The molecule has 3 aromatic heterocycles. The average molecular weight is 310 g/mol.